The highest BCUT2D eigenvalue weighted by Crippen LogP contribution is 2.51. The first-order valence-electron chi connectivity index (χ1n) is 36.3. The molecule has 9 heterocycles. The van der Waals surface area contributed by atoms with Crippen molar-refractivity contribution < 1.29 is 47.3 Å². The van der Waals surface area contributed by atoms with Crippen LogP contribution in [0.4, 0.5) is 0 Å². The minimum atomic E-state index is -0.949. The molecule has 3 saturated carbocycles. The molecule has 1 amide bonds. The number of aromatic nitrogens is 7. The van der Waals surface area contributed by atoms with Gasteiger partial charge in [-0.25, -0.2) is 40.0 Å². The summed E-state index contributed by atoms with van der Waals surface area (Å²) >= 11 is 0. The highest BCUT2D eigenvalue weighted by atomic mass is 16.5. The molecule has 0 radical (unpaired) electrons. The van der Waals surface area contributed by atoms with Gasteiger partial charge in [-0.05, 0) is 157 Å². The number of aromatic carboxylic acids is 1. The van der Waals surface area contributed by atoms with Crippen molar-refractivity contribution in [2.75, 3.05) is 27.4 Å². The predicted molar refractivity (Wildman–Crippen MR) is 413 cm³/mol. The summed E-state index contributed by atoms with van der Waals surface area (Å²) in [5.41, 5.74) is 22.3. The second-order valence-corrected chi connectivity index (χ2v) is 27.9. The third kappa shape index (κ3) is 14.3. The smallest absolute Gasteiger partial charge is 0.434 e. The third-order valence-electron chi connectivity index (χ3n) is 21.7. The molecule has 18 rings (SSSR count). The summed E-state index contributed by atoms with van der Waals surface area (Å²) in [6, 6.07) is 41.7. The number of methoxy groups -OCH3 is 2. The SMILES string of the molecule is C.C.C1CCOC1.COC(=O)c1ccc2c(C3CCCCC3)c3n(c2c1)CC(C(=O)NN)=Cc1ccccc1-3.COC(=O)c1ccc2c(C3CCCCC3)c3n(c2c1)CC(c1n[nH]c(=O)o1)=Cc1ccccc1-3.O=C(O)c1ccc2c(C3CCCCC3)c3n(c2c1)CC(c1n[nH]c(=O)o1)=Cc1ccccc1-3. The minimum absolute atomic E-state index is 0. The number of nitrogens with zero attached hydrogens (tertiary/aromatic N) is 5. The summed E-state index contributed by atoms with van der Waals surface area (Å²) in [5, 5.41) is 26.0. The van der Waals surface area contributed by atoms with Crippen LogP contribution < -0.4 is 22.8 Å². The minimum Gasteiger partial charge on any atom is -0.478 e. The van der Waals surface area contributed by atoms with Crippen LogP contribution in [0.5, 0.6) is 0 Å². The second kappa shape index (κ2) is 32.1. The molecule has 1 saturated heterocycles. The maximum absolute atomic E-state index is 12.6. The number of carboxylic acids is 1. The average Bonchev–Trinajstić information content (AvgIpc) is 1.59. The predicted octanol–water partition coefficient (Wildman–Crippen LogP) is 17.3. The summed E-state index contributed by atoms with van der Waals surface area (Å²) in [6.45, 7) is 3.26. The van der Waals surface area contributed by atoms with Crippen molar-refractivity contribution in [3.05, 3.63) is 216 Å². The Morgan fingerprint density at radius 3 is 1.18 bits per heavy atom. The first-order valence-corrected chi connectivity index (χ1v) is 36.3. The first kappa shape index (κ1) is 73.2. The van der Waals surface area contributed by atoms with Gasteiger partial charge in [0.15, 0.2) is 0 Å². The number of H-pyrrole nitrogens is 2. The van der Waals surface area contributed by atoms with Crippen LogP contribution in [0.2, 0.25) is 0 Å². The van der Waals surface area contributed by atoms with E-state index in [-0.39, 0.29) is 50.0 Å². The number of nitrogens with two attached hydrogens (primary N) is 1. The Balaban J connectivity index is 0.000000135. The molecule has 4 fully saturated rings. The van der Waals surface area contributed by atoms with E-state index in [9.17, 15) is 33.9 Å². The van der Waals surface area contributed by atoms with Gasteiger partial charge in [-0.2, -0.15) is 0 Å². The lowest BCUT2D eigenvalue weighted by Gasteiger charge is -2.24. The molecule has 6 aromatic carbocycles. The number of nitrogens with one attached hydrogen (secondary N) is 3. The molecule has 0 spiro atoms. The number of hydrogen-bond acceptors (Lipinski definition) is 14. The molecule has 0 bridgehead atoms. The molecule has 7 aliphatic rings. The number of carbonyl (C=O) groups is 4. The fourth-order valence-corrected chi connectivity index (χ4v) is 17.0. The fraction of sp³-hybridized carbons (Fsp3) is 0.341. The van der Waals surface area contributed by atoms with Gasteiger partial charge in [0, 0.05) is 79.3 Å². The summed E-state index contributed by atoms with van der Waals surface area (Å²) in [7, 11) is 2.79. The Hall–Kier alpha value is -11.2. The van der Waals surface area contributed by atoms with Crippen molar-refractivity contribution in [1.82, 2.24) is 39.5 Å². The molecule has 0 atom stereocenters. The number of amides is 1. The van der Waals surface area contributed by atoms with E-state index >= 15 is 0 Å². The highest BCUT2D eigenvalue weighted by molar-refractivity contribution is 6.05. The lowest BCUT2D eigenvalue weighted by atomic mass is 9.81. The van der Waals surface area contributed by atoms with E-state index in [1.807, 2.05) is 91.0 Å². The van der Waals surface area contributed by atoms with Crippen LogP contribution in [0, 0.1) is 0 Å². The van der Waals surface area contributed by atoms with Gasteiger partial charge in [0.05, 0.1) is 67.6 Å². The van der Waals surface area contributed by atoms with Gasteiger partial charge in [0.25, 0.3) is 5.91 Å². The van der Waals surface area contributed by atoms with Crippen molar-refractivity contribution >= 4 is 85.9 Å². The Morgan fingerprint density at radius 2 is 0.840 bits per heavy atom. The molecule has 5 aromatic heterocycles. The molecular weight excluding hydrogens is 1340 g/mol. The van der Waals surface area contributed by atoms with Crippen molar-refractivity contribution in [3.63, 3.8) is 0 Å². The molecule has 106 heavy (non-hydrogen) atoms. The lowest BCUT2D eigenvalue weighted by Crippen LogP contribution is -2.32. The number of hydrogen-bond donors (Lipinski definition) is 5. The fourth-order valence-electron chi connectivity index (χ4n) is 17.0. The lowest BCUT2D eigenvalue weighted by molar-refractivity contribution is -0.117. The van der Waals surface area contributed by atoms with E-state index in [0.717, 1.165) is 140 Å². The number of aromatic amines is 2. The van der Waals surface area contributed by atoms with Gasteiger partial charge in [0.2, 0.25) is 11.8 Å². The number of allylic oxidation sites excluding steroid dienone is 2. The van der Waals surface area contributed by atoms with Gasteiger partial charge in [0.1, 0.15) is 0 Å². The van der Waals surface area contributed by atoms with Crippen LogP contribution in [0.3, 0.4) is 0 Å². The molecule has 11 aromatic rings. The monoisotopic (exact) mass is 1430 g/mol. The highest BCUT2D eigenvalue weighted by Gasteiger charge is 2.35. The zero-order valence-electron chi connectivity index (χ0n) is 58.4. The summed E-state index contributed by atoms with van der Waals surface area (Å²) in [5.74, 6) is 4.18. The van der Waals surface area contributed by atoms with E-state index in [2.05, 4.69) is 82.0 Å². The van der Waals surface area contributed by atoms with Crippen molar-refractivity contribution in [2.45, 2.75) is 161 Å². The number of rotatable bonds is 9. The molecule has 3 aliphatic carbocycles. The number of hydrazine groups is 1. The molecular formula is C85H91N9O12. The largest absolute Gasteiger partial charge is 0.478 e. The van der Waals surface area contributed by atoms with Crippen LogP contribution in [0.1, 0.15) is 218 Å². The Morgan fingerprint density at radius 1 is 0.481 bits per heavy atom. The molecule has 4 aliphatic heterocycles. The van der Waals surface area contributed by atoms with Crippen LogP contribution >= 0.6 is 0 Å². The van der Waals surface area contributed by atoms with Gasteiger partial charge < -0.3 is 41.9 Å². The van der Waals surface area contributed by atoms with Crippen molar-refractivity contribution in [1.29, 1.82) is 0 Å². The second-order valence-electron chi connectivity index (χ2n) is 27.9. The Bertz CT molecular complexity index is 5350. The molecule has 548 valence electrons. The zero-order valence-corrected chi connectivity index (χ0v) is 58.4. The van der Waals surface area contributed by atoms with Gasteiger partial charge in [-0.15, -0.1) is 10.2 Å². The summed E-state index contributed by atoms with van der Waals surface area (Å²) < 4.78 is 32.2. The van der Waals surface area contributed by atoms with Gasteiger partial charge in [-0.3, -0.25) is 10.2 Å². The number of esters is 2. The van der Waals surface area contributed by atoms with Crippen LogP contribution in [-0.4, -0.2) is 90.5 Å². The Kier molecular flexibility index (Phi) is 22.1. The Labute approximate surface area is 614 Å². The average molecular weight is 1430 g/mol. The standard InChI is InChI=1S/C27H25N3O4.C26H23N3O4.C26H27N3O3.C4H8O.2CH4/c1-33-26(31)18-11-12-21-22(14-18)30-15-19(25-28-29-27(32)34-25)13-17-9-5-6-10-20(17)24(30)23(21)16-7-3-2-4-8-16;30-25(31)17-10-11-20-21(13-17)29-14-18(24-27-28-26(32)33-24)12-16-8-4-5-9-19(16)23(29)22(20)15-6-2-1-3-7-15;1-32-26(31)18-11-12-21-22(14-18)29-15-19(25(30)28-27)13-17-9-5-6-10-20(17)24(29)23(21)16-7-3-2-4-8-16;1-2-4-5-3-1;;/h5-6,9-14,16H,2-4,7-8,15H2,1H3,(H,29,32);4-5,8-13,15H,1-3,6-7,14H2,(H,28,32)(H,30,31);5-6,9-14,16H,2-4,7-8,15,27H2,1H3,(H,28,30);1-4H2;2*1H4. The van der Waals surface area contributed by atoms with Gasteiger partial charge in [-0.1, -0.05) is 164 Å². The van der Waals surface area contributed by atoms with E-state index < -0.39 is 17.5 Å². The normalized spacial score (nSPS) is 16.1. The summed E-state index contributed by atoms with van der Waals surface area (Å²) in [4.78, 5) is 72.5. The third-order valence-corrected chi connectivity index (χ3v) is 21.7. The zero-order chi connectivity index (χ0) is 71.5. The number of carboxylic acid groups (broad SMARTS) is 1. The molecule has 21 heteroatoms. The van der Waals surface area contributed by atoms with Gasteiger partial charge >= 0.3 is 29.4 Å². The quantitative estimate of drug-likeness (QED) is 0.0389. The first-order chi connectivity index (χ1) is 50.9. The van der Waals surface area contributed by atoms with E-state index in [1.165, 1.54) is 107 Å². The maximum atomic E-state index is 12.6. The number of carbonyl (C=O) groups excluding carboxylic acids is 3. The number of fused-ring (bicyclic) bond motifs is 15. The number of ether oxygens (including phenoxy) is 3. The summed E-state index contributed by atoms with van der Waals surface area (Å²) in [6.07, 6.45) is 26.5. The van der Waals surface area contributed by atoms with Crippen LogP contribution in [0.25, 0.3) is 95.9 Å². The van der Waals surface area contributed by atoms with Crippen LogP contribution in [-0.2, 0) is 38.6 Å². The van der Waals surface area contributed by atoms with Crippen LogP contribution in [0.15, 0.2) is 151 Å². The van der Waals surface area contributed by atoms with E-state index in [4.69, 9.17) is 28.9 Å². The van der Waals surface area contributed by atoms with Crippen molar-refractivity contribution in [3.8, 4) is 33.8 Å². The van der Waals surface area contributed by atoms with Crippen molar-refractivity contribution in [2.24, 2.45) is 5.84 Å². The maximum Gasteiger partial charge on any atom is 0.434 e. The molecule has 21 nitrogen and oxygen atoms in total. The topological polar surface area (TPSA) is 287 Å². The van der Waals surface area contributed by atoms with E-state index in [1.54, 1.807) is 12.1 Å². The molecule has 0 unspecified atom stereocenters. The van der Waals surface area contributed by atoms with E-state index in [0.29, 0.717) is 54.1 Å². The molecule has 6 N–H and O–H groups in total. The number of benzene rings is 6.